The molecule has 2 atom stereocenters. The van der Waals surface area contributed by atoms with Gasteiger partial charge < -0.3 is 35.3 Å². The molecular formula is C30H40N6O5. The van der Waals surface area contributed by atoms with Crippen LogP contribution in [0.4, 0.5) is 10.5 Å². The fourth-order valence-corrected chi connectivity index (χ4v) is 5.22. The van der Waals surface area contributed by atoms with E-state index in [9.17, 15) is 14.4 Å². The van der Waals surface area contributed by atoms with Gasteiger partial charge in [-0.2, -0.15) is 0 Å². The number of methoxy groups -OCH3 is 1. The number of benzene rings is 2. The van der Waals surface area contributed by atoms with Crippen molar-refractivity contribution in [3.63, 3.8) is 0 Å². The third kappa shape index (κ3) is 7.83. The molecule has 1 fully saturated rings. The Morgan fingerprint density at radius 2 is 1.93 bits per heavy atom. The molecule has 41 heavy (non-hydrogen) atoms. The molecule has 0 unspecified atom stereocenters. The summed E-state index contributed by atoms with van der Waals surface area (Å²) in [6.07, 6.45) is 2.83. The van der Waals surface area contributed by atoms with Crippen LogP contribution >= 0.6 is 0 Å². The first-order valence-electron chi connectivity index (χ1n) is 14.2. The largest absolute Gasteiger partial charge is 0.462 e. The molecule has 2 heterocycles. The van der Waals surface area contributed by atoms with E-state index in [1.54, 1.807) is 38.3 Å². The molecule has 11 heteroatoms. The molecule has 3 amide bonds. The SMILES string of the molecule is CCOC(=O)c1ccccc1NC(=O)NC[C@H](N)CC(=O)N1CCC[C@@H](c2nc3ccccc3n2CCCOC)C1. The summed E-state index contributed by atoms with van der Waals surface area (Å²) in [7, 11) is 1.70. The Morgan fingerprint density at radius 1 is 1.15 bits per heavy atom. The highest BCUT2D eigenvalue weighted by Crippen LogP contribution is 2.30. The highest BCUT2D eigenvalue weighted by Gasteiger charge is 2.29. The third-order valence-electron chi connectivity index (χ3n) is 7.19. The van der Waals surface area contributed by atoms with Crippen LogP contribution in [0.1, 0.15) is 54.7 Å². The van der Waals surface area contributed by atoms with Crippen molar-refractivity contribution in [3.05, 3.63) is 59.9 Å². The summed E-state index contributed by atoms with van der Waals surface area (Å²) < 4.78 is 12.6. The number of nitrogens with zero attached hydrogens (tertiary/aromatic N) is 3. The number of hydrogen-bond acceptors (Lipinski definition) is 7. The Morgan fingerprint density at radius 3 is 2.73 bits per heavy atom. The number of para-hydroxylation sites is 3. The van der Waals surface area contributed by atoms with E-state index in [1.165, 1.54) is 0 Å². The van der Waals surface area contributed by atoms with Crippen LogP contribution in [0.3, 0.4) is 0 Å². The Hall–Kier alpha value is -3.96. The number of amides is 3. The van der Waals surface area contributed by atoms with Crippen LogP contribution in [0.2, 0.25) is 0 Å². The molecule has 1 saturated heterocycles. The number of nitrogens with two attached hydrogens (primary N) is 1. The van der Waals surface area contributed by atoms with Crippen LogP contribution in [0.25, 0.3) is 11.0 Å². The summed E-state index contributed by atoms with van der Waals surface area (Å²) in [5.41, 5.74) is 8.88. The van der Waals surface area contributed by atoms with Gasteiger partial charge >= 0.3 is 12.0 Å². The molecule has 0 radical (unpaired) electrons. The number of fused-ring (bicyclic) bond motifs is 1. The number of carbonyl (C=O) groups excluding carboxylic acids is 3. The molecular weight excluding hydrogens is 524 g/mol. The van der Waals surface area contributed by atoms with Gasteiger partial charge in [-0.15, -0.1) is 0 Å². The topological polar surface area (TPSA) is 141 Å². The fourth-order valence-electron chi connectivity index (χ4n) is 5.22. The molecule has 11 nitrogen and oxygen atoms in total. The third-order valence-corrected chi connectivity index (χ3v) is 7.19. The number of anilines is 1. The molecule has 1 aliphatic heterocycles. The van der Waals surface area contributed by atoms with Gasteiger partial charge in [0.2, 0.25) is 5.91 Å². The molecule has 0 aliphatic carbocycles. The van der Waals surface area contributed by atoms with Crippen LogP contribution in [0.15, 0.2) is 48.5 Å². The van der Waals surface area contributed by atoms with E-state index in [0.29, 0.717) is 25.4 Å². The van der Waals surface area contributed by atoms with Crippen molar-refractivity contribution in [2.75, 3.05) is 45.3 Å². The highest BCUT2D eigenvalue weighted by molar-refractivity contribution is 6.00. The summed E-state index contributed by atoms with van der Waals surface area (Å²) in [6.45, 7) is 4.77. The Balaban J connectivity index is 1.32. The predicted molar refractivity (Wildman–Crippen MR) is 157 cm³/mol. The number of imidazole rings is 1. The van der Waals surface area contributed by atoms with Crippen molar-refractivity contribution < 1.29 is 23.9 Å². The second-order valence-corrected chi connectivity index (χ2v) is 10.2. The van der Waals surface area contributed by atoms with E-state index in [1.807, 2.05) is 23.1 Å². The normalized spacial score (nSPS) is 15.9. The maximum atomic E-state index is 13.2. The first kappa shape index (κ1) is 30.0. The first-order chi connectivity index (χ1) is 19.9. The molecule has 0 bridgehead atoms. The van der Waals surface area contributed by atoms with Gasteiger partial charge in [0.15, 0.2) is 0 Å². The van der Waals surface area contributed by atoms with Crippen LogP contribution in [-0.2, 0) is 20.8 Å². The lowest BCUT2D eigenvalue weighted by atomic mass is 9.96. The number of aromatic nitrogens is 2. The number of rotatable bonds is 12. The van der Waals surface area contributed by atoms with Crippen molar-refractivity contribution >= 4 is 34.6 Å². The summed E-state index contributed by atoms with van der Waals surface area (Å²) in [4.78, 5) is 44.7. The first-order valence-corrected chi connectivity index (χ1v) is 14.2. The molecule has 220 valence electrons. The lowest BCUT2D eigenvalue weighted by Gasteiger charge is -2.33. The average Bonchev–Trinajstić information content (AvgIpc) is 3.35. The number of likely N-dealkylation sites (tertiary alicyclic amines) is 1. The van der Waals surface area contributed by atoms with Gasteiger partial charge in [-0.3, -0.25) is 4.79 Å². The zero-order valence-corrected chi connectivity index (χ0v) is 23.8. The Bertz CT molecular complexity index is 1340. The van der Waals surface area contributed by atoms with Crippen molar-refractivity contribution in [1.82, 2.24) is 19.8 Å². The zero-order valence-electron chi connectivity index (χ0n) is 23.8. The number of piperidine rings is 1. The molecule has 1 aromatic heterocycles. The molecule has 0 spiro atoms. The Labute approximate surface area is 240 Å². The summed E-state index contributed by atoms with van der Waals surface area (Å²) >= 11 is 0. The van der Waals surface area contributed by atoms with Gasteiger partial charge in [-0.1, -0.05) is 24.3 Å². The zero-order chi connectivity index (χ0) is 29.2. The number of carbonyl (C=O) groups is 3. The van der Waals surface area contributed by atoms with Crippen molar-refractivity contribution in [2.24, 2.45) is 5.73 Å². The second kappa shape index (κ2) is 14.6. The maximum absolute atomic E-state index is 13.2. The summed E-state index contributed by atoms with van der Waals surface area (Å²) in [5.74, 6) is 0.572. The maximum Gasteiger partial charge on any atom is 0.340 e. The van der Waals surface area contributed by atoms with E-state index in [-0.39, 0.29) is 37.0 Å². The number of ether oxygens (including phenoxy) is 2. The van der Waals surface area contributed by atoms with Crippen molar-refractivity contribution in [1.29, 1.82) is 0 Å². The van der Waals surface area contributed by atoms with Gasteiger partial charge in [0.05, 0.1) is 28.9 Å². The lowest BCUT2D eigenvalue weighted by Crippen LogP contribution is -2.45. The summed E-state index contributed by atoms with van der Waals surface area (Å²) in [6, 6.07) is 13.6. The molecule has 4 rings (SSSR count). The lowest BCUT2D eigenvalue weighted by molar-refractivity contribution is -0.132. The van der Waals surface area contributed by atoms with Crippen molar-refractivity contribution in [2.45, 2.75) is 51.1 Å². The minimum absolute atomic E-state index is 0.0425. The van der Waals surface area contributed by atoms with Crippen LogP contribution in [0, 0.1) is 0 Å². The standard InChI is InChI=1S/C30H40N6O5/c1-3-41-29(38)23-11-4-5-12-24(23)34-30(39)32-19-22(31)18-27(37)35-15-8-10-21(20-35)28-33-25-13-6-7-14-26(25)36(28)16-9-17-40-2/h4-7,11-14,21-22H,3,8-10,15-20,31H2,1-2H3,(H2,32,34,39)/t21-,22-/m1/s1. The van der Waals surface area contributed by atoms with Crippen LogP contribution in [0.5, 0.6) is 0 Å². The molecule has 1 aliphatic rings. The number of nitrogens with one attached hydrogen (secondary N) is 2. The fraction of sp³-hybridized carbons (Fsp3) is 0.467. The monoisotopic (exact) mass is 564 g/mol. The highest BCUT2D eigenvalue weighted by atomic mass is 16.5. The molecule has 3 aromatic rings. The molecule has 0 saturated carbocycles. The van der Waals surface area contributed by atoms with Gasteiger partial charge in [0.25, 0.3) is 0 Å². The Kier molecular flexibility index (Phi) is 10.7. The van der Waals surface area contributed by atoms with E-state index < -0.39 is 18.0 Å². The molecule has 2 aromatic carbocycles. The van der Waals surface area contributed by atoms with Crippen molar-refractivity contribution in [3.8, 4) is 0 Å². The average molecular weight is 565 g/mol. The van der Waals surface area contributed by atoms with E-state index in [4.69, 9.17) is 20.2 Å². The van der Waals surface area contributed by atoms with E-state index >= 15 is 0 Å². The number of aryl methyl sites for hydroxylation is 1. The predicted octanol–water partition coefficient (Wildman–Crippen LogP) is 3.49. The van der Waals surface area contributed by atoms with E-state index in [0.717, 1.165) is 42.7 Å². The summed E-state index contributed by atoms with van der Waals surface area (Å²) in [5, 5.41) is 5.36. The van der Waals surface area contributed by atoms with Gasteiger partial charge in [-0.05, 0) is 50.5 Å². The van der Waals surface area contributed by atoms with Crippen LogP contribution in [-0.4, -0.2) is 78.4 Å². The smallest absolute Gasteiger partial charge is 0.340 e. The van der Waals surface area contributed by atoms with Gasteiger partial charge in [-0.25, -0.2) is 14.6 Å². The van der Waals surface area contributed by atoms with Gasteiger partial charge in [0, 0.05) is 58.3 Å². The quantitative estimate of drug-likeness (QED) is 0.226. The number of hydrogen-bond donors (Lipinski definition) is 3. The molecule has 4 N–H and O–H groups in total. The number of esters is 1. The minimum atomic E-state index is -0.562. The van der Waals surface area contributed by atoms with Crippen LogP contribution < -0.4 is 16.4 Å². The number of urea groups is 1. The van der Waals surface area contributed by atoms with Gasteiger partial charge in [0.1, 0.15) is 5.82 Å². The second-order valence-electron chi connectivity index (χ2n) is 10.2. The minimum Gasteiger partial charge on any atom is -0.462 e. The van der Waals surface area contributed by atoms with E-state index in [2.05, 4.69) is 21.3 Å².